The van der Waals surface area contributed by atoms with Gasteiger partial charge in [-0.2, -0.15) is 0 Å². The van der Waals surface area contributed by atoms with Crippen molar-refractivity contribution in [1.82, 2.24) is 4.90 Å². The van der Waals surface area contributed by atoms with Gasteiger partial charge in [-0.15, -0.1) is 0 Å². The van der Waals surface area contributed by atoms with E-state index >= 15 is 0 Å². The van der Waals surface area contributed by atoms with Crippen LogP contribution in [0.4, 0.5) is 0 Å². The van der Waals surface area contributed by atoms with Gasteiger partial charge in [0.25, 0.3) is 0 Å². The fourth-order valence-electron chi connectivity index (χ4n) is 1.80. The standard InChI is InChI=1S/C10H22N2O2/c1-12(5-6-14-2)7-10(11,8-13)9-3-4-9/h9,13H,3-8,11H2,1-2H3. The molecule has 0 heterocycles. The van der Waals surface area contributed by atoms with Gasteiger partial charge in [0.1, 0.15) is 0 Å². The van der Waals surface area contributed by atoms with Gasteiger partial charge in [0.05, 0.1) is 18.8 Å². The monoisotopic (exact) mass is 202 g/mol. The highest BCUT2D eigenvalue weighted by Gasteiger charge is 2.42. The van der Waals surface area contributed by atoms with Gasteiger partial charge < -0.3 is 20.5 Å². The topological polar surface area (TPSA) is 58.7 Å². The molecule has 1 aliphatic rings. The Morgan fingerprint density at radius 2 is 2.21 bits per heavy atom. The van der Waals surface area contributed by atoms with Crippen LogP contribution < -0.4 is 5.73 Å². The van der Waals surface area contributed by atoms with E-state index in [2.05, 4.69) is 4.90 Å². The Labute approximate surface area is 86.0 Å². The fourth-order valence-corrected chi connectivity index (χ4v) is 1.80. The minimum absolute atomic E-state index is 0.0784. The lowest BCUT2D eigenvalue weighted by Crippen LogP contribution is -2.54. The molecule has 1 unspecified atom stereocenters. The van der Waals surface area contributed by atoms with E-state index in [9.17, 15) is 5.11 Å². The maximum atomic E-state index is 9.29. The highest BCUT2D eigenvalue weighted by molar-refractivity contribution is 4.99. The first-order valence-corrected chi connectivity index (χ1v) is 5.19. The summed E-state index contributed by atoms with van der Waals surface area (Å²) in [6, 6.07) is 0. The van der Waals surface area contributed by atoms with E-state index in [4.69, 9.17) is 10.5 Å². The van der Waals surface area contributed by atoms with Gasteiger partial charge in [-0.25, -0.2) is 0 Å². The largest absolute Gasteiger partial charge is 0.394 e. The summed E-state index contributed by atoms with van der Waals surface area (Å²) < 4.78 is 4.99. The van der Waals surface area contributed by atoms with E-state index in [1.54, 1.807) is 7.11 Å². The SMILES string of the molecule is COCCN(C)CC(N)(CO)C1CC1. The lowest BCUT2D eigenvalue weighted by atomic mass is 9.95. The van der Waals surface area contributed by atoms with Gasteiger partial charge in [0.15, 0.2) is 0 Å². The molecule has 14 heavy (non-hydrogen) atoms. The van der Waals surface area contributed by atoms with Crippen LogP contribution in [0.2, 0.25) is 0 Å². The molecule has 84 valence electrons. The minimum Gasteiger partial charge on any atom is -0.394 e. The first-order chi connectivity index (χ1) is 6.62. The summed E-state index contributed by atoms with van der Waals surface area (Å²) in [6.45, 7) is 2.40. The Balaban J connectivity index is 2.31. The van der Waals surface area contributed by atoms with Crippen LogP contribution in [0.1, 0.15) is 12.8 Å². The summed E-state index contributed by atoms with van der Waals surface area (Å²) in [5.41, 5.74) is 5.74. The van der Waals surface area contributed by atoms with Crippen molar-refractivity contribution in [3.8, 4) is 0 Å². The van der Waals surface area contributed by atoms with Gasteiger partial charge in [-0.3, -0.25) is 0 Å². The van der Waals surface area contributed by atoms with Crippen LogP contribution >= 0.6 is 0 Å². The molecule has 0 saturated heterocycles. The number of rotatable bonds is 7. The van der Waals surface area contributed by atoms with E-state index < -0.39 is 5.54 Å². The molecule has 0 aliphatic heterocycles. The Morgan fingerprint density at radius 3 is 2.64 bits per heavy atom. The van der Waals surface area contributed by atoms with Crippen LogP contribution in [-0.2, 0) is 4.74 Å². The maximum absolute atomic E-state index is 9.29. The molecule has 1 rings (SSSR count). The van der Waals surface area contributed by atoms with Gasteiger partial charge in [-0.05, 0) is 25.8 Å². The molecule has 0 bridgehead atoms. The Hall–Kier alpha value is -0.160. The van der Waals surface area contributed by atoms with Crippen LogP contribution in [-0.4, -0.2) is 56.0 Å². The van der Waals surface area contributed by atoms with Crippen molar-refractivity contribution in [2.75, 3.05) is 40.5 Å². The summed E-state index contributed by atoms with van der Waals surface area (Å²) >= 11 is 0. The fraction of sp³-hybridized carbons (Fsp3) is 1.00. The van der Waals surface area contributed by atoms with Gasteiger partial charge in [-0.1, -0.05) is 0 Å². The molecule has 0 spiro atoms. The lowest BCUT2D eigenvalue weighted by Gasteiger charge is -2.32. The highest BCUT2D eigenvalue weighted by Crippen LogP contribution is 2.38. The summed E-state index contributed by atoms with van der Waals surface area (Å²) in [5, 5.41) is 9.29. The molecule has 0 aromatic heterocycles. The molecule has 0 radical (unpaired) electrons. The number of aliphatic hydroxyl groups is 1. The van der Waals surface area contributed by atoms with Crippen molar-refractivity contribution in [2.24, 2.45) is 11.7 Å². The first kappa shape index (κ1) is 11.9. The van der Waals surface area contributed by atoms with Crippen molar-refractivity contribution in [3.05, 3.63) is 0 Å². The van der Waals surface area contributed by atoms with Crippen molar-refractivity contribution >= 4 is 0 Å². The van der Waals surface area contributed by atoms with Crippen LogP contribution in [0.25, 0.3) is 0 Å². The Bertz CT molecular complexity index is 174. The third-order valence-corrected chi connectivity index (χ3v) is 2.93. The van der Waals surface area contributed by atoms with Gasteiger partial charge in [0.2, 0.25) is 0 Å². The highest BCUT2D eigenvalue weighted by atomic mass is 16.5. The van der Waals surface area contributed by atoms with Crippen LogP contribution in [0.15, 0.2) is 0 Å². The van der Waals surface area contributed by atoms with E-state index in [0.717, 1.165) is 25.9 Å². The molecule has 1 saturated carbocycles. The van der Waals surface area contributed by atoms with Crippen molar-refractivity contribution in [1.29, 1.82) is 0 Å². The first-order valence-electron chi connectivity index (χ1n) is 5.19. The quantitative estimate of drug-likeness (QED) is 0.593. The molecule has 0 amide bonds. The summed E-state index contributed by atoms with van der Waals surface area (Å²) in [5.74, 6) is 0.512. The molecule has 4 nitrogen and oxygen atoms in total. The second-order valence-electron chi connectivity index (χ2n) is 4.40. The molecule has 0 aromatic carbocycles. The van der Waals surface area contributed by atoms with Crippen LogP contribution in [0.3, 0.4) is 0 Å². The number of ether oxygens (including phenoxy) is 1. The Kier molecular flexibility index (Phi) is 4.31. The molecular formula is C10H22N2O2. The third-order valence-electron chi connectivity index (χ3n) is 2.93. The van der Waals surface area contributed by atoms with Crippen LogP contribution in [0.5, 0.6) is 0 Å². The number of aliphatic hydroxyl groups excluding tert-OH is 1. The summed E-state index contributed by atoms with van der Waals surface area (Å²) in [7, 11) is 3.70. The normalized spacial score (nSPS) is 21.2. The number of likely N-dealkylation sites (N-methyl/N-ethyl adjacent to an activating group) is 1. The molecule has 0 aromatic rings. The van der Waals surface area contributed by atoms with Crippen molar-refractivity contribution in [2.45, 2.75) is 18.4 Å². The predicted molar refractivity (Wildman–Crippen MR) is 56.1 cm³/mol. The van der Waals surface area contributed by atoms with Crippen molar-refractivity contribution < 1.29 is 9.84 Å². The Morgan fingerprint density at radius 1 is 1.57 bits per heavy atom. The molecule has 3 N–H and O–H groups in total. The average Bonchev–Trinajstić information content (AvgIpc) is 2.97. The number of hydrogen-bond acceptors (Lipinski definition) is 4. The number of nitrogens with two attached hydrogens (primary N) is 1. The lowest BCUT2D eigenvalue weighted by molar-refractivity contribution is 0.109. The maximum Gasteiger partial charge on any atom is 0.0626 e. The zero-order chi connectivity index (χ0) is 10.6. The average molecular weight is 202 g/mol. The minimum atomic E-state index is -0.400. The summed E-state index contributed by atoms with van der Waals surface area (Å²) in [6.07, 6.45) is 2.32. The molecular weight excluding hydrogens is 180 g/mol. The third kappa shape index (κ3) is 3.20. The number of nitrogens with zero attached hydrogens (tertiary/aromatic N) is 1. The molecule has 1 fully saturated rings. The van der Waals surface area contributed by atoms with Crippen molar-refractivity contribution in [3.63, 3.8) is 0 Å². The van der Waals surface area contributed by atoms with E-state index in [1.165, 1.54) is 0 Å². The zero-order valence-electron chi connectivity index (χ0n) is 9.20. The van der Waals surface area contributed by atoms with Crippen LogP contribution in [0, 0.1) is 5.92 Å². The van der Waals surface area contributed by atoms with E-state index in [1.807, 2.05) is 7.05 Å². The second-order valence-corrected chi connectivity index (χ2v) is 4.40. The zero-order valence-corrected chi connectivity index (χ0v) is 9.20. The molecule has 1 aliphatic carbocycles. The van der Waals surface area contributed by atoms with Gasteiger partial charge >= 0.3 is 0 Å². The molecule has 4 heteroatoms. The molecule has 1 atom stereocenters. The summed E-state index contributed by atoms with van der Waals surface area (Å²) in [4.78, 5) is 2.12. The van der Waals surface area contributed by atoms with Gasteiger partial charge in [0, 0.05) is 20.2 Å². The second kappa shape index (κ2) is 5.07. The van der Waals surface area contributed by atoms with E-state index in [-0.39, 0.29) is 6.61 Å². The number of methoxy groups -OCH3 is 1. The smallest absolute Gasteiger partial charge is 0.0626 e. The van der Waals surface area contributed by atoms with E-state index in [0.29, 0.717) is 12.5 Å². The number of hydrogen-bond donors (Lipinski definition) is 2. The predicted octanol–water partition coefficient (Wildman–Crippen LogP) is -0.336.